The molecule has 1 rings (SSSR count). The van der Waals surface area contributed by atoms with E-state index in [1.807, 2.05) is 24.3 Å². The van der Waals surface area contributed by atoms with Gasteiger partial charge >= 0.3 is 0 Å². The number of allylic oxidation sites excluding steroid dienone is 3. The van der Waals surface area contributed by atoms with E-state index in [0.29, 0.717) is 12.5 Å². The van der Waals surface area contributed by atoms with Crippen molar-refractivity contribution in [1.82, 2.24) is 10.6 Å². The fourth-order valence-corrected chi connectivity index (χ4v) is 2.97. The van der Waals surface area contributed by atoms with Crippen LogP contribution in [0.4, 0.5) is 0 Å². The third kappa shape index (κ3) is 9.31. The van der Waals surface area contributed by atoms with Crippen molar-refractivity contribution in [2.45, 2.75) is 46.6 Å². The molecule has 1 atom stereocenters. The molecule has 1 aromatic rings. The van der Waals surface area contributed by atoms with Crippen molar-refractivity contribution < 1.29 is 0 Å². The fraction of sp³-hybridized carbons (Fsp3) is 0.417. The van der Waals surface area contributed by atoms with Crippen molar-refractivity contribution in [3.05, 3.63) is 85.3 Å². The maximum atomic E-state index is 4.27. The van der Waals surface area contributed by atoms with Gasteiger partial charge in [0.15, 0.2) is 0 Å². The molecule has 2 heteroatoms. The van der Waals surface area contributed by atoms with Crippen molar-refractivity contribution in [3.63, 3.8) is 0 Å². The number of benzene rings is 1. The third-order valence-corrected chi connectivity index (χ3v) is 4.17. The van der Waals surface area contributed by atoms with E-state index in [0.717, 1.165) is 37.2 Å². The molecule has 1 unspecified atom stereocenters. The molecule has 0 amide bonds. The summed E-state index contributed by atoms with van der Waals surface area (Å²) in [5.74, 6) is 0.323. The largest absolute Gasteiger partial charge is 0.383 e. The van der Waals surface area contributed by atoms with Gasteiger partial charge in [0.2, 0.25) is 0 Å². The van der Waals surface area contributed by atoms with Crippen LogP contribution in [0.1, 0.15) is 45.6 Å². The standard InChI is InChI=1S/C24H36N2/c1-8-12-23(15-19(2)16-24(5,6)7)21(4)26-17-20(3)25-18-22-13-10-9-11-14-22/h8-11,13-14,23,25-26H,1-4,12,15-18H2,5-7H3. The summed E-state index contributed by atoms with van der Waals surface area (Å²) in [6.45, 7) is 24.7. The summed E-state index contributed by atoms with van der Waals surface area (Å²) in [5, 5.41) is 6.79. The zero-order valence-corrected chi connectivity index (χ0v) is 16.9. The summed E-state index contributed by atoms with van der Waals surface area (Å²) >= 11 is 0. The fourth-order valence-electron chi connectivity index (χ4n) is 2.97. The number of hydrogen-bond donors (Lipinski definition) is 2. The summed E-state index contributed by atoms with van der Waals surface area (Å²) in [5.41, 5.74) is 4.77. The SMILES string of the molecule is C=CCC(CC(=C)CC(C)(C)C)C(=C)NCC(=C)NCc1ccccc1. The normalized spacial score (nSPS) is 12.1. The number of rotatable bonds is 12. The van der Waals surface area contributed by atoms with E-state index in [2.05, 4.69) is 69.9 Å². The van der Waals surface area contributed by atoms with E-state index >= 15 is 0 Å². The smallest absolute Gasteiger partial charge is 0.0538 e. The van der Waals surface area contributed by atoms with Crippen LogP contribution in [-0.4, -0.2) is 6.54 Å². The Hall–Kier alpha value is -2.22. The summed E-state index contributed by atoms with van der Waals surface area (Å²) in [6, 6.07) is 10.3. The van der Waals surface area contributed by atoms with Crippen molar-refractivity contribution >= 4 is 0 Å². The van der Waals surface area contributed by atoms with E-state index in [1.165, 1.54) is 11.1 Å². The van der Waals surface area contributed by atoms with Crippen molar-refractivity contribution in [3.8, 4) is 0 Å². The van der Waals surface area contributed by atoms with Gasteiger partial charge in [-0.05, 0) is 30.2 Å². The van der Waals surface area contributed by atoms with Crippen LogP contribution in [0.15, 0.2) is 79.7 Å². The van der Waals surface area contributed by atoms with E-state index in [1.54, 1.807) is 0 Å². The second kappa shape index (κ2) is 10.7. The Labute approximate surface area is 160 Å². The minimum atomic E-state index is 0.264. The lowest BCUT2D eigenvalue weighted by Crippen LogP contribution is -2.27. The summed E-state index contributed by atoms with van der Waals surface area (Å²) in [6.07, 6.45) is 4.83. The molecule has 142 valence electrons. The van der Waals surface area contributed by atoms with Crippen LogP contribution >= 0.6 is 0 Å². The molecular formula is C24H36N2. The van der Waals surface area contributed by atoms with Crippen molar-refractivity contribution in [1.29, 1.82) is 0 Å². The molecule has 0 aromatic heterocycles. The average Bonchev–Trinajstić information content (AvgIpc) is 2.56. The first-order chi connectivity index (χ1) is 12.2. The molecule has 0 aliphatic carbocycles. The summed E-state index contributed by atoms with van der Waals surface area (Å²) < 4.78 is 0. The molecule has 0 aliphatic heterocycles. The molecule has 0 heterocycles. The molecule has 0 fully saturated rings. The molecule has 0 bridgehead atoms. The Morgan fingerprint density at radius 2 is 1.73 bits per heavy atom. The van der Waals surface area contributed by atoms with Gasteiger partial charge in [-0.2, -0.15) is 0 Å². The quantitative estimate of drug-likeness (QED) is 0.453. The van der Waals surface area contributed by atoms with Crippen LogP contribution in [0.2, 0.25) is 0 Å². The molecule has 1 aromatic carbocycles. The second-order valence-corrected chi connectivity index (χ2v) is 8.23. The Bertz CT molecular complexity index is 605. The molecule has 2 nitrogen and oxygen atoms in total. The Balaban J connectivity index is 2.44. The van der Waals surface area contributed by atoms with E-state index in [9.17, 15) is 0 Å². The molecule has 2 N–H and O–H groups in total. The Morgan fingerprint density at radius 1 is 1.08 bits per heavy atom. The molecule has 0 spiro atoms. The highest BCUT2D eigenvalue weighted by molar-refractivity contribution is 5.16. The maximum Gasteiger partial charge on any atom is 0.0538 e. The van der Waals surface area contributed by atoms with Gasteiger partial charge in [0, 0.05) is 23.9 Å². The number of hydrogen-bond acceptors (Lipinski definition) is 2. The summed E-state index contributed by atoms with van der Waals surface area (Å²) in [7, 11) is 0. The molecule has 0 aliphatic rings. The van der Waals surface area contributed by atoms with Crippen LogP contribution < -0.4 is 10.6 Å². The van der Waals surface area contributed by atoms with Crippen molar-refractivity contribution in [2.75, 3.05) is 6.54 Å². The predicted molar refractivity (Wildman–Crippen MR) is 116 cm³/mol. The van der Waals surface area contributed by atoms with E-state index < -0.39 is 0 Å². The first-order valence-corrected chi connectivity index (χ1v) is 9.37. The summed E-state index contributed by atoms with van der Waals surface area (Å²) in [4.78, 5) is 0. The van der Waals surface area contributed by atoms with Crippen LogP contribution in [-0.2, 0) is 6.54 Å². The molecule has 0 radical (unpaired) electrons. The lowest BCUT2D eigenvalue weighted by Gasteiger charge is -2.25. The average molecular weight is 353 g/mol. The Morgan fingerprint density at radius 3 is 2.31 bits per heavy atom. The Kier molecular flexibility index (Phi) is 8.98. The highest BCUT2D eigenvalue weighted by Crippen LogP contribution is 2.29. The first kappa shape index (κ1) is 21.8. The van der Waals surface area contributed by atoms with E-state index in [4.69, 9.17) is 0 Å². The molecular weight excluding hydrogens is 316 g/mol. The minimum Gasteiger partial charge on any atom is -0.383 e. The van der Waals surface area contributed by atoms with Gasteiger partial charge in [0.25, 0.3) is 0 Å². The van der Waals surface area contributed by atoms with Gasteiger partial charge in [-0.1, -0.05) is 82.5 Å². The lowest BCUT2D eigenvalue weighted by molar-refractivity contribution is 0.396. The van der Waals surface area contributed by atoms with Crippen LogP contribution in [0.5, 0.6) is 0 Å². The monoisotopic (exact) mass is 352 g/mol. The first-order valence-electron chi connectivity index (χ1n) is 9.37. The van der Waals surface area contributed by atoms with E-state index in [-0.39, 0.29) is 5.41 Å². The lowest BCUT2D eigenvalue weighted by atomic mass is 9.84. The highest BCUT2D eigenvalue weighted by Gasteiger charge is 2.17. The van der Waals surface area contributed by atoms with Crippen LogP contribution in [0, 0.1) is 11.3 Å². The third-order valence-electron chi connectivity index (χ3n) is 4.17. The predicted octanol–water partition coefficient (Wildman–Crippen LogP) is 5.97. The van der Waals surface area contributed by atoms with Gasteiger partial charge < -0.3 is 10.6 Å². The number of nitrogens with one attached hydrogen (secondary N) is 2. The zero-order chi connectivity index (χ0) is 19.6. The van der Waals surface area contributed by atoms with Gasteiger partial charge in [-0.15, -0.1) is 6.58 Å². The van der Waals surface area contributed by atoms with Gasteiger partial charge in [0.05, 0.1) is 6.54 Å². The molecule has 0 saturated heterocycles. The molecule has 0 saturated carbocycles. The van der Waals surface area contributed by atoms with Crippen LogP contribution in [0.25, 0.3) is 0 Å². The van der Waals surface area contributed by atoms with Gasteiger partial charge in [-0.3, -0.25) is 0 Å². The minimum absolute atomic E-state index is 0.264. The maximum absolute atomic E-state index is 4.27. The molecule has 26 heavy (non-hydrogen) atoms. The van der Waals surface area contributed by atoms with Gasteiger partial charge in [0.1, 0.15) is 0 Å². The van der Waals surface area contributed by atoms with Gasteiger partial charge in [-0.25, -0.2) is 0 Å². The van der Waals surface area contributed by atoms with Crippen LogP contribution in [0.3, 0.4) is 0 Å². The topological polar surface area (TPSA) is 24.1 Å². The zero-order valence-electron chi connectivity index (χ0n) is 16.9. The second-order valence-electron chi connectivity index (χ2n) is 8.23. The van der Waals surface area contributed by atoms with Crippen molar-refractivity contribution in [2.24, 2.45) is 11.3 Å². The highest BCUT2D eigenvalue weighted by atomic mass is 15.0.